The van der Waals surface area contributed by atoms with Gasteiger partial charge in [0.2, 0.25) is 0 Å². The monoisotopic (exact) mass is 403 g/mol. The Morgan fingerprint density at radius 3 is 2.50 bits per heavy atom. The first-order chi connectivity index (χ1) is 11.1. The number of carbonyl (C=O) groups is 1. The minimum absolute atomic E-state index is 0.0886. The van der Waals surface area contributed by atoms with Gasteiger partial charge in [-0.15, -0.1) is 0 Å². The topological polar surface area (TPSA) is 49.3 Å². The summed E-state index contributed by atoms with van der Waals surface area (Å²) >= 11 is 3.34. The third kappa shape index (κ3) is 2.83. The summed E-state index contributed by atoms with van der Waals surface area (Å²) in [4.78, 5) is 12.4. The second-order valence-electron chi connectivity index (χ2n) is 6.53. The fourth-order valence-corrected chi connectivity index (χ4v) is 3.96. The van der Waals surface area contributed by atoms with E-state index in [9.17, 15) is 23.1 Å². The number of hydrogen-bond acceptors (Lipinski definition) is 2. The number of alkyl halides is 3. The van der Waals surface area contributed by atoms with Gasteiger partial charge in [0, 0.05) is 4.47 Å². The fraction of sp³-hybridized carbons (Fsp3) is 0.471. The van der Waals surface area contributed by atoms with Crippen LogP contribution < -0.4 is 5.32 Å². The van der Waals surface area contributed by atoms with Crippen molar-refractivity contribution < 1.29 is 23.1 Å². The van der Waals surface area contributed by atoms with Gasteiger partial charge in [0.05, 0.1) is 17.0 Å². The molecule has 1 amide bonds. The maximum Gasteiger partial charge on any atom is 0.391 e. The lowest BCUT2D eigenvalue weighted by molar-refractivity contribution is -0.184. The minimum atomic E-state index is -4.23. The van der Waals surface area contributed by atoms with E-state index in [-0.39, 0.29) is 37.0 Å². The Morgan fingerprint density at radius 1 is 1.29 bits per heavy atom. The lowest BCUT2D eigenvalue weighted by atomic mass is 9.75. The standard InChI is InChI=1S/C17H17BrF3NO2/c1-9-2-3-11(18)8-12(9)13-14(23)16(22-15(13)24)6-4-10(5-7-16)17(19,20)21/h2-3,8,10,23H,4-7H2,1H3,(H,22,24). The zero-order chi connectivity index (χ0) is 17.7. The lowest BCUT2D eigenvalue weighted by Crippen LogP contribution is -2.48. The molecule has 0 aromatic heterocycles. The Labute approximate surface area is 146 Å². The second-order valence-corrected chi connectivity index (χ2v) is 7.45. The van der Waals surface area contributed by atoms with Gasteiger partial charge in [0.1, 0.15) is 5.76 Å². The van der Waals surface area contributed by atoms with E-state index < -0.39 is 23.5 Å². The Hall–Kier alpha value is -1.50. The summed E-state index contributed by atoms with van der Waals surface area (Å²) in [7, 11) is 0. The molecule has 0 atom stereocenters. The summed E-state index contributed by atoms with van der Waals surface area (Å²) < 4.78 is 39.3. The number of halogens is 4. The Bertz CT molecular complexity index is 719. The minimum Gasteiger partial charge on any atom is -0.509 e. The average molecular weight is 404 g/mol. The first-order valence-electron chi connectivity index (χ1n) is 7.73. The van der Waals surface area contributed by atoms with Crippen LogP contribution in [0.4, 0.5) is 13.2 Å². The van der Waals surface area contributed by atoms with Gasteiger partial charge in [-0.3, -0.25) is 4.79 Å². The van der Waals surface area contributed by atoms with Crippen LogP contribution in [0.2, 0.25) is 0 Å². The van der Waals surface area contributed by atoms with E-state index in [2.05, 4.69) is 21.2 Å². The molecule has 2 aliphatic rings. The number of carbonyl (C=O) groups excluding carboxylic acids is 1. The third-order valence-electron chi connectivity index (χ3n) is 5.04. The van der Waals surface area contributed by atoms with E-state index in [0.29, 0.717) is 5.56 Å². The van der Waals surface area contributed by atoms with E-state index in [4.69, 9.17) is 0 Å². The Balaban J connectivity index is 1.95. The SMILES string of the molecule is Cc1ccc(Br)cc1C1=C(O)C2(CCC(C(F)(F)F)CC2)NC1=O. The predicted octanol–water partition coefficient (Wildman–Crippen LogP) is 4.65. The molecule has 1 aromatic carbocycles. The van der Waals surface area contributed by atoms with Crippen LogP contribution in [-0.2, 0) is 4.79 Å². The average Bonchev–Trinajstić information content (AvgIpc) is 2.72. The predicted molar refractivity (Wildman–Crippen MR) is 87.3 cm³/mol. The van der Waals surface area contributed by atoms with Crippen molar-refractivity contribution in [3.63, 3.8) is 0 Å². The van der Waals surface area contributed by atoms with Crippen molar-refractivity contribution in [2.24, 2.45) is 5.92 Å². The van der Waals surface area contributed by atoms with Gasteiger partial charge in [-0.05, 0) is 55.9 Å². The molecule has 1 heterocycles. The van der Waals surface area contributed by atoms with Gasteiger partial charge in [-0.1, -0.05) is 22.0 Å². The van der Waals surface area contributed by atoms with Crippen molar-refractivity contribution in [1.82, 2.24) is 5.32 Å². The second kappa shape index (κ2) is 5.79. The molecule has 1 aromatic rings. The van der Waals surface area contributed by atoms with E-state index in [1.54, 1.807) is 6.07 Å². The van der Waals surface area contributed by atoms with Crippen molar-refractivity contribution in [1.29, 1.82) is 0 Å². The summed E-state index contributed by atoms with van der Waals surface area (Å²) in [6.45, 7) is 1.82. The zero-order valence-corrected chi connectivity index (χ0v) is 14.6. The number of hydrogen-bond donors (Lipinski definition) is 2. The Kier molecular flexibility index (Phi) is 4.18. The molecular weight excluding hydrogens is 387 g/mol. The highest BCUT2D eigenvalue weighted by atomic mass is 79.9. The van der Waals surface area contributed by atoms with Crippen LogP contribution in [0.3, 0.4) is 0 Å². The number of aryl methyl sites for hydroxylation is 1. The molecule has 1 fully saturated rings. The summed E-state index contributed by atoms with van der Waals surface area (Å²) in [5.41, 5.74) is 0.507. The van der Waals surface area contributed by atoms with Gasteiger partial charge < -0.3 is 10.4 Å². The van der Waals surface area contributed by atoms with E-state index in [0.717, 1.165) is 10.0 Å². The van der Waals surface area contributed by atoms with Gasteiger partial charge in [0.15, 0.2) is 0 Å². The molecule has 1 aliphatic heterocycles. The number of amides is 1. The number of benzene rings is 1. The molecule has 0 radical (unpaired) electrons. The maximum absolute atomic E-state index is 12.9. The van der Waals surface area contributed by atoms with Crippen molar-refractivity contribution in [3.8, 4) is 0 Å². The smallest absolute Gasteiger partial charge is 0.391 e. The molecule has 2 N–H and O–H groups in total. The first-order valence-corrected chi connectivity index (χ1v) is 8.53. The third-order valence-corrected chi connectivity index (χ3v) is 5.53. The largest absolute Gasteiger partial charge is 0.509 e. The highest BCUT2D eigenvalue weighted by Crippen LogP contribution is 2.47. The van der Waals surface area contributed by atoms with E-state index in [1.165, 1.54) is 0 Å². The fourth-order valence-electron chi connectivity index (χ4n) is 3.60. The number of nitrogens with one attached hydrogen (secondary N) is 1. The van der Waals surface area contributed by atoms with Gasteiger partial charge in [-0.25, -0.2) is 0 Å². The molecule has 130 valence electrons. The zero-order valence-electron chi connectivity index (χ0n) is 13.0. The molecule has 3 nitrogen and oxygen atoms in total. The van der Waals surface area contributed by atoms with Crippen LogP contribution in [0.15, 0.2) is 28.4 Å². The van der Waals surface area contributed by atoms with Crippen LogP contribution in [0, 0.1) is 12.8 Å². The molecule has 7 heteroatoms. The number of rotatable bonds is 1. The highest BCUT2D eigenvalue weighted by Gasteiger charge is 2.52. The van der Waals surface area contributed by atoms with E-state index >= 15 is 0 Å². The molecule has 0 saturated heterocycles. The van der Waals surface area contributed by atoms with E-state index in [1.807, 2.05) is 19.1 Å². The highest BCUT2D eigenvalue weighted by molar-refractivity contribution is 9.10. The first kappa shape index (κ1) is 17.3. The van der Waals surface area contributed by atoms with Crippen LogP contribution in [0.1, 0.15) is 36.8 Å². The number of aliphatic hydroxyl groups is 1. The van der Waals surface area contributed by atoms with Crippen LogP contribution in [0.25, 0.3) is 5.57 Å². The van der Waals surface area contributed by atoms with Gasteiger partial charge in [-0.2, -0.15) is 13.2 Å². The molecule has 1 aliphatic carbocycles. The van der Waals surface area contributed by atoms with Crippen LogP contribution in [-0.4, -0.2) is 22.7 Å². The summed E-state index contributed by atoms with van der Waals surface area (Å²) in [5, 5.41) is 13.4. The van der Waals surface area contributed by atoms with Crippen LogP contribution in [0.5, 0.6) is 0 Å². The van der Waals surface area contributed by atoms with Crippen LogP contribution >= 0.6 is 15.9 Å². The quantitative estimate of drug-likeness (QED) is 0.716. The molecular formula is C17H17BrF3NO2. The summed E-state index contributed by atoms with van der Waals surface area (Å²) in [6, 6.07) is 5.38. The molecule has 3 rings (SSSR count). The summed E-state index contributed by atoms with van der Waals surface area (Å²) in [6.07, 6.45) is -4.25. The summed E-state index contributed by atoms with van der Waals surface area (Å²) in [5.74, 6) is -1.93. The van der Waals surface area contributed by atoms with Gasteiger partial charge >= 0.3 is 6.18 Å². The molecule has 0 bridgehead atoms. The van der Waals surface area contributed by atoms with Crippen molar-refractivity contribution in [2.75, 3.05) is 0 Å². The molecule has 1 saturated carbocycles. The number of aliphatic hydroxyl groups excluding tert-OH is 1. The van der Waals surface area contributed by atoms with Crippen molar-refractivity contribution >= 4 is 27.4 Å². The van der Waals surface area contributed by atoms with Crippen molar-refractivity contribution in [3.05, 3.63) is 39.6 Å². The van der Waals surface area contributed by atoms with Crippen molar-refractivity contribution in [2.45, 2.75) is 44.3 Å². The molecule has 24 heavy (non-hydrogen) atoms. The van der Waals surface area contributed by atoms with Gasteiger partial charge in [0.25, 0.3) is 5.91 Å². The molecule has 1 spiro atoms. The Morgan fingerprint density at radius 2 is 1.92 bits per heavy atom. The lowest BCUT2D eigenvalue weighted by Gasteiger charge is -2.37. The molecule has 0 unspecified atom stereocenters. The maximum atomic E-state index is 12.9. The normalized spacial score (nSPS) is 27.7.